The second-order valence-corrected chi connectivity index (χ2v) is 27.5. The molecule has 5 N–H and O–H groups in total. The van der Waals surface area contributed by atoms with Crippen molar-refractivity contribution in [2.75, 3.05) is 69.2 Å². The Morgan fingerprint density at radius 2 is 1.68 bits per heavy atom. The summed E-state index contributed by atoms with van der Waals surface area (Å²) in [5, 5.41) is 30.3. The van der Waals surface area contributed by atoms with Gasteiger partial charge in [0.2, 0.25) is 17.7 Å². The largest absolute Gasteiger partial charge is 0.493 e. The summed E-state index contributed by atoms with van der Waals surface area (Å²) in [6.45, 7) is 11.0. The van der Waals surface area contributed by atoms with E-state index in [-0.39, 0.29) is 75.2 Å². The van der Waals surface area contributed by atoms with Crippen molar-refractivity contribution in [3.63, 3.8) is 0 Å². The maximum Gasteiger partial charge on any atom is 0.355 e. The van der Waals surface area contributed by atoms with Gasteiger partial charge in [-0.15, -0.1) is 22.7 Å². The van der Waals surface area contributed by atoms with Gasteiger partial charge in [0.25, 0.3) is 11.8 Å². The lowest BCUT2D eigenvalue weighted by atomic mass is 9.85. The number of fused-ring (bicyclic) bond motifs is 2. The number of benzene rings is 4. The van der Waals surface area contributed by atoms with Gasteiger partial charge in [0.1, 0.15) is 17.8 Å². The molecule has 0 radical (unpaired) electrons. The average molecular weight is 1310 g/mol. The number of alkyl halides is 1. The van der Waals surface area contributed by atoms with Gasteiger partial charge < -0.3 is 45.0 Å². The number of rotatable bonds is 22. The number of nitrogens with one attached hydrogen (secondary N) is 3. The van der Waals surface area contributed by atoms with Crippen LogP contribution in [0.15, 0.2) is 84.4 Å². The number of aromatic carboxylic acids is 1. The molecule has 92 heavy (non-hydrogen) atoms. The van der Waals surface area contributed by atoms with Crippen molar-refractivity contribution in [1.29, 1.82) is 0 Å². The van der Waals surface area contributed by atoms with Crippen molar-refractivity contribution >= 4 is 90.0 Å². The summed E-state index contributed by atoms with van der Waals surface area (Å²) in [4.78, 5) is 102. The van der Waals surface area contributed by atoms with Crippen molar-refractivity contribution < 1.29 is 57.2 Å². The van der Waals surface area contributed by atoms with Gasteiger partial charge >= 0.3 is 5.97 Å². The molecule has 0 unspecified atom stereocenters. The van der Waals surface area contributed by atoms with Crippen molar-refractivity contribution in [3.8, 4) is 33.8 Å². The van der Waals surface area contributed by atoms with Gasteiger partial charge in [-0.3, -0.25) is 34.2 Å². The van der Waals surface area contributed by atoms with Crippen LogP contribution in [0.25, 0.3) is 20.7 Å². The Labute approximate surface area is 543 Å². The van der Waals surface area contributed by atoms with Crippen LogP contribution in [0.2, 0.25) is 0 Å². The summed E-state index contributed by atoms with van der Waals surface area (Å²) in [5.74, 6) is 2.79. The lowest BCUT2D eigenvalue weighted by Gasteiger charge is -2.35. The first-order valence-corrected chi connectivity index (χ1v) is 33.3. The summed E-state index contributed by atoms with van der Waals surface area (Å²) in [6.07, 6.45) is 1.23. The van der Waals surface area contributed by atoms with E-state index < -0.39 is 58.8 Å². The third-order valence-electron chi connectivity index (χ3n) is 16.9. The number of aromatic nitrogens is 3. The number of nitrogens with zero attached hydrogens (tertiary/aromatic N) is 7. The standard InChI is InChI=1S/C67H72F2N10O10S3/c1-40-57(90-39-71-40)43-19-20-44(36-70-60(83)50-35-45(80)37-79(50)61(84)58(66(2,3)4)74-63(87)67(69)23-24-67)52(34-43)89-32-10-17-55(81)77-29-27-76(28-30-77)25-8-11-41-18-21-51(48(68)33-41)88-31-9-16-54-56(62(85)86)73-65(92-54)78-26-22-42-12-7-13-46(47(42)38-78)59(82)75-64-72-49-14-5-6-15-53(49)91-64/h5-7,12-15,18-21,33-34,39,45,50,58,80H,9-10,16-17,22-32,35-38H2,1-4H3,(H,70,83)(H,74,87)(H,85,86)(H,72,75,82)/t45-,50+,58-/m1/s1. The van der Waals surface area contributed by atoms with Gasteiger partial charge in [-0.1, -0.05) is 80.3 Å². The smallest absolute Gasteiger partial charge is 0.355 e. The number of carboxylic acids is 1. The molecular formula is C67H72F2N10O10S3. The van der Waals surface area contributed by atoms with Crippen LogP contribution < -0.4 is 30.3 Å². The Bertz CT molecular complexity index is 3960. The van der Waals surface area contributed by atoms with Gasteiger partial charge in [0, 0.05) is 86.8 Å². The minimum atomic E-state index is -2.00. The van der Waals surface area contributed by atoms with Gasteiger partial charge in [-0.2, -0.15) is 0 Å². The lowest BCUT2D eigenvalue weighted by Crippen LogP contribution is -2.59. The first-order chi connectivity index (χ1) is 44.2. The minimum Gasteiger partial charge on any atom is -0.493 e. The zero-order chi connectivity index (χ0) is 64.8. The highest BCUT2D eigenvalue weighted by Crippen LogP contribution is 2.41. The molecule has 6 heterocycles. The molecule has 25 heteroatoms. The molecule has 1 aliphatic carbocycles. The first-order valence-electron chi connectivity index (χ1n) is 30.8. The van der Waals surface area contributed by atoms with Crippen molar-refractivity contribution in [2.24, 2.45) is 5.41 Å². The normalized spacial score (nSPS) is 17.3. The fraction of sp³-hybridized carbons (Fsp3) is 0.418. The third-order valence-corrected chi connectivity index (χ3v) is 20.0. The zero-order valence-electron chi connectivity index (χ0n) is 51.5. The molecule has 11 rings (SSSR count). The molecule has 5 amide bonds. The van der Waals surface area contributed by atoms with Crippen molar-refractivity contribution in [3.05, 3.63) is 134 Å². The summed E-state index contributed by atoms with van der Waals surface area (Å²) >= 11 is 4.18. The number of aliphatic hydroxyl groups is 1. The zero-order valence-corrected chi connectivity index (χ0v) is 54.0. The first kappa shape index (κ1) is 65.1. The van der Waals surface area contributed by atoms with E-state index in [1.165, 1.54) is 51.0 Å². The Kier molecular flexibility index (Phi) is 20.0. The Morgan fingerprint density at radius 1 is 0.902 bits per heavy atom. The molecule has 0 spiro atoms. The number of carboxylic acid groups (broad SMARTS) is 1. The highest BCUT2D eigenvalue weighted by atomic mass is 32.1. The molecule has 3 atom stereocenters. The minimum absolute atomic E-state index is 0.00929. The third kappa shape index (κ3) is 15.4. The number of likely N-dealkylation sites (tertiary alicyclic amines) is 1. The Hall–Kier alpha value is -8.41. The maximum absolute atomic E-state index is 15.3. The van der Waals surface area contributed by atoms with E-state index in [0.29, 0.717) is 109 Å². The number of ether oxygens (including phenoxy) is 2. The Balaban J connectivity index is 0.614. The summed E-state index contributed by atoms with van der Waals surface area (Å²) in [6, 6.07) is 21.3. The van der Waals surface area contributed by atoms with E-state index in [2.05, 4.69) is 47.6 Å². The second kappa shape index (κ2) is 28.2. The molecule has 2 saturated heterocycles. The molecule has 0 bridgehead atoms. The van der Waals surface area contributed by atoms with E-state index in [0.717, 1.165) is 37.5 Å². The van der Waals surface area contributed by atoms with E-state index in [1.54, 1.807) is 38.4 Å². The van der Waals surface area contributed by atoms with E-state index in [1.807, 2.05) is 71.3 Å². The molecule has 1 saturated carbocycles. The van der Waals surface area contributed by atoms with Gasteiger partial charge in [-0.05, 0) is 110 Å². The van der Waals surface area contributed by atoms with Crippen LogP contribution >= 0.6 is 34.0 Å². The quantitative estimate of drug-likeness (QED) is 0.0314. The molecule has 3 aliphatic heterocycles. The number of piperazine rings is 1. The van der Waals surface area contributed by atoms with Gasteiger partial charge in [-0.25, -0.2) is 28.5 Å². The number of β-amino-alcohol motifs (C(OH)–C–C–N with tert-alkyl or cyclic N) is 1. The number of carbonyl (C=O) groups excluding carboxylic acids is 5. The molecule has 482 valence electrons. The van der Waals surface area contributed by atoms with Gasteiger partial charge in [0.05, 0.1) is 52.2 Å². The highest BCUT2D eigenvalue weighted by molar-refractivity contribution is 7.22. The number of aryl methyl sites for hydroxylation is 2. The number of aliphatic hydroxyl groups excluding tert-OH is 1. The molecule has 7 aromatic rings. The van der Waals surface area contributed by atoms with Gasteiger partial charge in [0.15, 0.2) is 33.2 Å². The van der Waals surface area contributed by atoms with Crippen LogP contribution in [0.5, 0.6) is 11.5 Å². The Morgan fingerprint density at radius 3 is 2.42 bits per heavy atom. The number of amides is 5. The van der Waals surface area contributed by atoms with E-state index in [9.17, 15) is 43.4 Å². The number of para-hydroxylation sites is 1. The van der Waals surface area contributed by atoms with E-state index in [4.69, 9.17) is 9.47 Å². The predicted molar refractivity (Wildman–Crippen MR) is 347 cm³/mol. The fourth-order valence-electron chi connectivity index (χ4n) is 11.5. The number of carbonyl (C=O) groups is 6. The number of anilines is 2. The van der Waals surface area contributed by atoms with Crippen LogP contribution in [-0.4, -0.2) is 158 Å². The number of hydrogen-bond acceptors (Lipinski definition) is 17. The molecule has 3 aromatic heterocycles. The van der Waals surface area contributed by atoms with Crippen LogP contribution in [-0.2, 0) is 45.1 Å². The maximum atomic E-state index is 15.3. The predicted octanol–water partition coefficient (Wildman–Crippen LogP) is 8.81. The lowest BCUT2D eigenvalue weighted by molar-refractivity contribution is -0.145. The highest BCUT2D eigenvalue weighted by Gasteiger charge is 2.53. The average Bonchev–Trinajstić information content (AvgIpc) is 1.48. The topological polar surface area (TPSA) is 249 Å². The SMILES string of the molecule is Cc1ncsc1-c1ccc(CNC(=O)[C@@H]2C[C@@H](O)CN2C(=O)[C@@H](NC(=O)C2(F)CC2)C(C)(C)C)c(OCCCC(=O)N2CCN(CC#Cc3ccc(OCCCc4sc(N5CCc6cccc(C(=O)Nc7nc8ccccc8s7)c6C5)nc4C(=O)O)c(F)c3)CC2)c1. The monoisotopic (exact) mass is 1310 g/mol. The van der Waals surface area contributed by atoms with Crippen LogP contribution in [0.1, 0.15) is 113 Å². The molecule has 3 fully saturated rings. The number of hydrogen-bond donors (Lipinski definition) is 5. The number of thiazole rings is 3. The molecule has 4 aliphatic rings. The van der Waals surface area contributed by atoms with Crippen LogP contribution in [0.4, 0.5) is 19.0 Å². The van der Waals surface area contributed by atoms with Crippen LogP contribution in [0, 0.1) is 30.0 Å². The van der Waals surface area contributed by atoms with Crippen LogP contribution in [0.3, 0.4) is 0 Å². The molecule has 4 aromatic carbocycles. The molecule has 20 nitrogen and oxygen atoms in total. The van der Waals surface area contributed by atoms with Crippen molar-refractivity contribution in [2.45, 2.75) is 116 Å². The second-order valence-electron chi connectivity index (χ2n) is 24.6. The van der Waals surface area contributed by atoms with E-state index >= 15 is 4.39 Å². The summed E-state index contributed by atoms with van der Waals surface area (Å²) < 4.78 is 43.2. The molecular weight excluding hydrogens is 1240 g/mol. The fourth-order valence-corrected chi connectivity index (χ4v) is 14.3. The van der Waals surface area contributed by atoms with Crippen molar-refractivity contribution in [1.82, 2.24) is 40.3 Å². The number of halogens is 2. The summed E-state index contributed by atoms with van der Waals surface area (Å²) in [7, 11) is 0. The summed E-state index contributed by atoms with van der Waals surface area (Å²) in [5.41, 5.74) is 4.96.